The van der Waals surface area contributed by atoms with Gasteiger partial charge in [0.25, 0.3) is 15.9 Å². The molecule has 0 fully saturated rings. The van der Waals surface area contributed by atoms with Crippen LogP contribution in [-0.2, 0) is 25.0 Å². The highest BCUT2D eigenvalue weighted by atomic mass is 32.2. The van der Waals surface area contributed by atoms with E-state index >= 15 is 0 Å². The van der Waals surface area contributed by atoms with Gasteiger partial charge < -0.3 is 15.5 Å². The first-order valence-electron chi connectivity index (χ1n) is 11.3. The van der Waals surface area contributed by atoms with E-state index in [2.05, 4.69) is 30.5 Å². The van der Waals surface area contributed by atoms with Gasteiger partial charge in [-0.1, -0.05) is 63.2 Å². The largest absolute Gasteiger partial charge is 0.451 e. The fraction of sp³-hybridized carbons (Fsp3) is 0.185. The summed E-state index contributed by atoms with van der Waals surface area (Å²) >= 11 is 0. The summed E-state index contributed by atoms with van der Waals surface area (Å²) < 4.78 is 33.8. The number of anilines is 1. The van der Waals surface area contributed by atoms with Gasteiger partial charge in [-0.25, -0.2) is 13.2 Å². The summed E-state index contributed by atoms with van der Waals surface area (Å²) in [6.07, 6.45) is 0. The number of primary amides is 1. The van der Waals surface area contributed by atoms with Gasteiger partial charge in [0.05, 0.1) is 4.90 Å². The van der Waals surface area contributed by atoms with Crippen LogP contribution in [0.5, 0.6) is 0 Å². The van der Waals surface area contributed by atoms with Crippen molar-refractivity contribution in [2.24, 2.45) is 5.73 Å². The minimum absolute atomic E-state index is 0.0980. The Morgan fingerprint density at radius 1 is 0.972 bits per heavy atom. The number of benzene rings is 3. The maximum atomic E-state index is 13.1. The van der Waals surface area contributed by atoms with Crippen LogP contribution in [0.3, 0.4) is 0 Å². The number of hydrogen-bond donors (Lipinski definition) is 3. The first kappa shape index (κ1) is 25.0. The van der Waals surface area contributed by atoms with Gasteiger partial charge in [0, 0.05) is 22.2 Å². The van der Waals surface area contributed by atoms with Crippen LogP contribution in [0.25, 0.3) is 22.0 Å². The summed E-state index contributed by atoms with van der Waals surface area (Å²) in [5, 5.41) is 0.607. The minimum Gasteiger partial charge on any atom is -0.451 e. The molecule has 4 rings (SSSR count). The first-order valence-corrected chi connectivity index (χ1v) is 12.7. The third kappa shape index (κ3) is 5.26. The van der Waals surface area contributed by atoms with Crippen molar-refractivity contribution in [2.45, 2.75) is 31.1 Å². The molecule has 9 heteroatoms. The van der Waals surface area contributed by atoms with Crippen LogP contribution < -0.4 is 10.5 Å². The van der Waals surface area contributed by atoms with Gasteiger partial charge in [0.15, 0.2) is 6.61 Å². The molecule has 0 unspecified atom stereocenters. The van der Waals surface area contributed by atoms with Gasteiger partial charge in [0.1, 0.15) is 5.69 Å². The molecule has 186 valence electrons. The Morgan fingerprint density at radius 3 is 2.25 bits per heavy atom. The van der Waals surface area contributed by atoms with Crippen LogP contribution in [0.2, 0.25) is 0 Å². The maximum Gasteiger partial charge on any atom is 0.355 e. The van der Waals surface area contributed by atoms with Crippen molar-refractivity contribution in [1.29, 1.82) is 0 Å². The van der Waals surface area contributed by atoms with Gasteiger partial charge in [-0.05, 0) is 46.9 Å². The Hall–Kier alpha value is -4.11. The first-order chi connectivity index (χ1) is 17.0. The van der Waals surface area contributed by atoms with E-state index in [1.807, 2.05) is 30.3 Å². The Balaban J connectivity index is 1.74. The summed E-state index contributed by atoms with van der Waals surface area (Å²) in [7, 11) is -3.85. The van der Waals surface area contributed by atoms with Crippen LogP contribution in [0, 0.1) is 0 Å². The summed E-state index contributed by atoms with van der Waals surface area (Å²) in [4.78, 5) is 27.0. The molecule has 36 heavy (non-hydrogen) atoms. The molecule has 0 radical (unpaired) electrons. The van der Waals surface area contributed by atoms with E-state index in [-0.39, 0.29) is 16.0 Å². The predicted octanol–water partition coefficient (Wildman–Crippen LogP) is 4.58. The number of aromatic nitrogens is 1. The molecule has 1 amide bonds. The van der Waals surface area contributed by atoms with E-state index in [4.69, 9.17) is 10.5 Å². The predicted molar refractivity (Wildman–Crippen MR) is 139 cm³/mol. The summed E-state index contributed by atoms with van der Waals surface area (Å²) in [5.74, 6) is -1.52. The number of esters is 1. The smallest absolute Gasteiger partial charge is 0.355 e. The third-order valence-electron chi connectivity index (χ3n) is 5.69. The van der Waals surface area contributed by atoms with Crippen LogP contribution in [0.1, 0.15) is 36.8 Å². The van der Waals surface area contributed by atoms with E-state index in [1.165, 1.54) is 0 Å². The van der Waals surface area contributed by atoms with E-state index < -0.39 is 28.5 Å². The number of ether oxygens (including phenoxy) is 1. The van der Waals surface area contributed by atoms with E-state index in [0.717, 1.165) is 5.56 Å². The molecule has 8 nitrogen and oxygen atoms in total. The van der Waals surface area contributed by atoms with E-state index in [1.54, 1.807) is 42.5 Å². The maximum absolute atomic E-state index is 13.1. The summed E-state index contributed by atoms with van der Waals surface area (Å²) in [5.41, 5.74) is 8.33. The van der Waals surface area contributed by atoms with Crippen molar-refractivity contribution in [2.75, 3.05) is 11.3 Å². The van der Waals surface area contributed by atoms with Gasteiger partial charge >= 0.3 is 5.97 Å². The van der Waals surface area contributed by atoms with Gasteiger partial charge in [-0.15, -0.1) is 0 Å². The molecule has 0 saturated carbocycles. The van der Waals surface area contributed by atoms with Crippen LogP contribution in [0.4, 0.5) is 5.69 Å². The van der Waals surface area contributed by atoms with Gasteiger partial charge in [-0.2, -0.15) is 0 Å². The lowest BCUT2D eigenvalue weighted by molar-refractivity contribution is -0.121. The van der Waals surface area contributed by atoms with E-state index in [0.29, 0.717) is 27.7 Å². The highest BCUT2D eigenvalue weighted by molar-refractivity contribution is 7.92. The molecular formula is C27H27N3O5S. The average molecular weight is 506 g/mol. The molecule has 1 heterocycles. The number of amides is 1. The number of rotatable bonds is 7. The Kier molecular flexibility index (Phi) is 6.60. The van der Waals surface area contributed by atoms with Crippen molar-refractivity contribution < 1.29 is 22.7 Å². The van der Waals surface area contributed by atoms with Gasteiger partial charge in [-0.3, -0.25) is 9.52 Å². The molecule has 4 N–H and O–H groups in total. The fourth-order valence-electron chi connectivity index (χ4n) is 3.87. The molecule has 0 aliphatic carbocycles. The van der Waals surface area contributed by atoms with Crippen LogP contribution >= 0.6 is 0 Å². The van der Waals surface area contributed by atoms with Crippen LogP contribution in [0.15, 0.2) is 77.7 Å². The van der Waals surface area contributed by atoms with Crippen LogP contribution in [-0.4, -0.2) is 31.9 Å². The number of sulfonamides is 1. The summed E-state index contributed by atoms with van der Waals surface area (Å²) in [6, 6.07) is 20.8. The monoisotopic (exact) mass is 505 g/mol. The highest BCUT2D eigenvalue weighted by Crippen LogP contribution is 2.35. The number of fused-ring (bicyclic) bond motifs is 1. The zero-order chi connectivity index (χ0) is 26.1. The lowest BCUT2D eigenvalue weighted by Crippen LogP contribution is -2.21. The van der Waals surface area contributed by atoms with Crippen molar-refractivity contribution in [3.63, 3.8) is 0 Å². The number of H-pyrrole nitrogens is 1. The number of carbonyl (C=O) groups excluding carboxylic acids is 2. The molecule has 0 atom stereocenters. The standard InChI is InChI=1S/C27H27N3O5S/c1-27(2,3)18-9-12-20(13-10-18)36(33,34)30-19-11-14-22-21(15-19)24(17-7-5-4-6-8-17)25(29-22)26(32)35-16-23(28)31/h4-15,29-30H,16H2,1-3H3,(H2,28,31). The highest BCUT2D eigenvalue weighted by Gasteiger charge is 2.23. The molecule has 0 spiro atoms. The second-order valence-corrected chi connectivity index (χ2v) is 11.1. The second kappa shape index (κ2) is 9.50. The minimum atomic E-state index is -3.85. The molecule has 0 aliphatic heterocycles. The molecule has 0 aliphatic rings. The Bertz CT molecular complexity index is 1530. The molecule has 1 aromatic heterocycles. The Morgan fingerprint density at radius 2 is 1.64 bits per heavy atom. The third-order valence-corrected chi connectivity index (χ3v) is 7.09. The fourth-order valence-corrected chi connectivity index (χ4v) is 4.92. The quantitative estimate of drug-likeness (QED) is 0.317. The average Bonchev–Trinajstić information content (AvgIpc) is 3.21. The lowest BCUT2D eigenvalue weighted by Gasteiger charge is -2.19. The second-order valence-electron chi connectivity index (χ2n) is 9.42. The number of nitrogens with one attached hydrogen (secondary N) is 2. The normalized spacial score (nSPS) is 11.9. The SMILES string of the molecule is CC(C)(C)c1ccc(S(=O)(=O)Nc2ccc3[nH]c(C(=O)OCC(N)=O)c(-c4ccccc4)c3c2)cc1. The molecule has 0 saturated heterocycles. The number of aromatic amines is 1. The lowest BCUT2D eigenvalue weighted by atomic mass is 9.87. The van der Waals surface area contributed by atoms with Crippen molar-refractivity contribution >= 4 is 38.5 Å². The number of hydrogen-bond acceptors (Lipinski definition) is 5. The zero-order valence-corrected chi connectivity index (χ0v) is 21.0. The number of carbonyl (C=O) groups is 2. The van der Waals surface area contributed by atoms with E-state index in [9.17, 15) is 18.0 Å². The number of nitrogens with two attached hydrogens (primary N) is 1. The zero-order valence-electron chi connectivity index (χ0n) is 20.2. The van der Waals surface area contributed by atoms with Crippen molar-refractivity contribution in [1.82, 2.24) is 4.98 Å². The Labute approximate surface area is 209 Å². The van der Waals surface area contributed by atoms with Gasteiger partial charge in [0.2, 0.25) is 0 Å². The molecular weight excluding hydrogens is 478 g/mol. The topological polar surface area (TPSA) is 131 Å². The van der Waals surface area contributed by atoms with Crippen molar-refractivity contribution in [3.8, 4) is 11.1 Å². The molecule has 0 bridgehead atoms. The molecule has 3 aromatic carbocycles. The summed E-state index contributed by atoms with van der Waals surface area (Å²) in [6.45, 7) is 5.62. The molecule has 4 aromatic rings. The van der Waals surface area contributed by atoms with Crippen molar-refractivity contribution in [3.05, 3.63) is 84.1 Å².